The maximum atomic E-state index is 12.7. The maximum Gasteiger partial charge on any atom is 0.419 e. The van der Waals surface area contributed by atoms with Crippen LogP contribution in [0, 0.1) is 5.92 Å². The van der Waals surface area contributed by atoms with Crippen molar-refractivity contribution in [3.05, 3.63) is 0 Å². The lowest BCUT2D eigenvalue weighted by Gasteiger charge is -2.30. The highest BCUT2D eigenvalue weighted by Crippen LogP contribution is 2.38. The standard InChI is InChI=1S/C12H19F3N2O2.ClH/c13-12(14,15)11(19)4-5-17(7-11)10(18)8-2-1-3-9(16)6-8;/h8-9,19H,1-7,16H2;1H. The number of likely N-dealkylation sites (tertiary alicyclic amines) is 1. The van der Waals surface area contributed by atoms with Crippen LogP contribution in [0.2, 0.25) is 0 Å². The van der Waals surface area contributed by atoms with Gasteiger partial charge in [-0.25, -0.2) is 0 Å². The summed E-state index contributed by atoms with van der Waals surface area (Å²) in [7, 11) is 0. The first-order valence-corrected chi connectivity index (χ1v) is 6.56. The molecular formula is C12H20ClF3N2O2. The Labute approximate surface area is 121 Å². The molecule has 1 aliphatic heterocycles. The molecule has 0 aromatic carbocycles. The lowest BCUT2D eigenvalue weighted by molar-refractivity contribution is -0.253. The number of nitrogens with zero attached hydrogens (tertiary/aromatic N) is 1. The fraction of sp³-hybridized carbons (Fsp3) is 0.917. The van der Waals surface area contributed by atoms with Gasteiger partial charge in [-0.1, -0.05) is 6.42 Å². The smallest absolute Gasteiger partial charge is 0.379 e. The van der Waals surface area contributed by atoms with Crippen LogP contribution < -0.4 is 5.73 Å². The van der Waals surface area contributed by atoms with Crippen LogP contribution in [0.4, 0.5) is 13.2 Å². The molecule has 2 rings (SSSR count). The molecule has 2 aliphatic rings. The minimum Gasteiger partial charge on any atom is -0.379 e. The van der Waals surface area contributed by atoms with E-state index >= 15 is 0 Å². The number of nitrogens with two attached hydrogens (primary N) is 1. The molecule has 8 heteroatoms. The van der Waals surface area contributed by atoms with Crippen molar-refractivity contribution in [2.24, 2.45) is 11.7 Å². The van der Waals surface area contributed by atoms with Crippen LogP contribution in [-0.2, 0) is 4.79 Å². The van der Waals surface area contributed by atoms with Crippen molar-refractivity contribution in [1.29, 1.82) is 0 Å². The molecule has 118 valence electrons. The summed E-state index contributed by atoms with van der Waals surface area (Å²) < 4.78 is 38.0. The van der Waals surface area contributed by atoms with Gasteiger partial charge >= 0.3 is 6.18 Å². The summed E-state index contributed by atoms with van der Waals surface area (Å²) in [6.45, 7) is -0.693. The van der Waals surface area contributed by atoms with Gasteiger partial charge in [0.25, 0.3) is 0 Å². The van der Waals surface area contributed by atoms with Gasteiger partial charge < -0.3 is 15.7 Å². The zero-order chi connectivity index (χ0) is 14.3. The number of rotatable bonds is 1. The van der Waals surface area contributed by atoms with Gasteiger partial charge in [-0.3, -0.25) is 4.79 Å². The molecule has 0 bridgehead atoms. The first kappa shape index (κ1) is 17.5. The van der Waals surface area contributed by atoms with Crippen molar-refractivity contribution < 1.29 is 23.1 Å². The van der Waals surface area contributed by atoms with Crippen LogP contribution in [0.5, 0.6) is 0 Å². The third-order valence-corrected chi connectivity index (χ3v) is 4.15. The fourth-order valence-corrected chi connectivity index (χ4v) is 2.92. The van der Waals surface area contributed by atoms with E-state index in [2.05, 4.69) is 0 Å². The topological polar surface area (TPSA) is 66.6 Å². The first-order chi connectivity index (χ1) is 8.73. The minimum absolute atomic E-state index is 0. The Kier molecular flexibility index (Phi) is 5.32. The second kappa shape index (κ2) is 6.07. The SMILES string of the molecule is Cl.NC1CCCC(C(=O)N2CCC(O)(C(F)(F)F)C2)C1. The predicted molar refractivity (Wildman–Crippen MR) is 69.4 cm³/mol. The lowest BCUT2D eigenvalue weighted by atomic mass is 9.85. The Morgan fingerprint density at radius 2 is 2.00 bits per heavy atom. The van der Waals surface area contributed by atoms with Crippen LogP contribution >= 0.6 is 12.4 Å². The predicted octanol–water partition coefficient (Wildman–Crippen LogP) is 1.45. The van der Waals surface area contributed by atoms with Gasteiger partial charge in [0.05, 0.1) is 6.54 Å². The maximum absolute atomic E-state index is 12.7. The molecule has 20 heavy (non-hydrogen) atoms. The largest absolute Gasteiger partial charge is 0.419 e. The average Bonchev–Trinajstić information content (AvgIpc) is 2.72. The fourth-order valence-electron chi connectivity index (χ4n) is 2.92. The van der Waals surface area contributed by atoms with E-state index in [1.807, 2.05) is 0 Å². The summed E-state index contributed by atoms with van der Waals surface area (Å²) in [6, 6.07) is -0.0493. The normalized spacial score (nSPS) is 34.8. The number of carbonyl (C=O) groups excluding carboxylic acids is 1. The van der Waals surface area contributed by atoms with Crippen LogP contribution in [-0.4, -0.2) is 46.8 Å². The van der Waals surface area contributed by atoms with E-state index in [0.717, 1.165) is 17.7 Å². The molecule has 3 N–H and O–H groups in total. The van der Waals surface area contributed by atoms with E-state index in [0.29, 0.717) is 12.8 Å². The molecule has 3 unspecified atom stereocenters. The number of alkyl halides is 3. The summed E-state index contributed by atoms with van der Waals surface area (Å²) in [5, 5.41) is 9.55. The molecule has 3 atom stereocenters. The highest BCUT2D eigenvalue weighted by molar-refractivity contribution is 5.85. The summed E-state index contributed by atoms with van der Waals surface area (Å²) >= 11 is 0. The Bertz CT molecular complexity index is 367. The quantitative estimate of drug-likeness (QED) is 0.769. The van der Waals surface area contributed by atoms with Crippen molar-refractivity contribution in [3.63, 3.8) is 0 Å². The van der Waals surface area contributed by atoms with Gasteiger partial charge in [-0.05, 0) is 19.3 Å². The van der Waals surface area contributed by atoms with Crippen molar-refractivity contribution >= 4 is 18.3 Å². The number of carbonyl (C=O) groups is 1. The van der Waals surface area contributed by atoms with Gasteiger partial charge in [-0.15, -0.1) is 12.4 Å². The van der Waals surface area contributed by atoms with Crippen LogP contribution in [0.15, 0.2) is 0 Å². The first-order valence-electron chi connectivity index (χ1n) is 6.56. The number of hydrogen-bond acceptors (Lipinski definition) is 3. The molecule has 1 amide bonds. The molecule has 0 spiro atoms. The molecule has 2 fully saturated rings. The third-order valence-electron chi connectivity index (χ3n) is 4.15. The Morgan fingerprint density at radius 1 is 1.35 bits per heavy atom. The molecule has 1 saturated heterocycles. The second-order valence-electron chi connectivity index (χ2n) is 5.66. The zero-order valence-electron chi connectivity index (χ0n) is 11.0. The van der Waals surface area contributed by atoms with Gasteiger partial charge in [0, 0.05) is 24.9 Å². The number of halogens is 4. The zero-order valence-corrected chi connectivity index (χ0v) is 11.8. The lowest BCUT2D eigenvalue weighted by Crippen LogP contribution is -2.49. The molecule has 1 heterocycles. The molecule has 1 aliphatic carbocycles. The average molecular weight is 317 g/mol. The Morgan fingerprint density at radius 3 is 2.50 bits per heavy atom. The monoisotopic (exact) mass is 316 g/mol. The highest BCUT2D eigenvalue weighted by Gasteiger charge is 2.58. The highest BCUT2D eigenvalue weighted by atomic mass is 35.5. The van der Waals surface area contributed by atoms with Crippen LogP contribution in [0.25, 0.3) is 0 Å². The van der Waals surface area contributed by atoms with Gasteiger partial charge in [0.15, 0.2) is 5.60 Å². The van der Waals surface area contributed by atoms with E-state index in [9.17, 15) is 23.1 Å². The van der Waals surface area contributed by atoms with E-state index in [1.165, 1.54) is 0 Å². The van der Waals surface area contributed by atoms with E-state index in [4.69, 9.17) is 5.73 Å². The number of β-amino-alcohol motifs (C(OH)–C–C–N with tert-alkyl or cyclic N) is 1. The summed E-state index contributed by atoms with van der Waals surface area (Å²) in [6.07, 6.45) is -2.25. The van der Waals surface area contributed by atoms with E-state index in [1.54, 1.807) is 0 Å². The van der Waals surface area contributed by atoms with Crippen molar-refractivity contribution in [3.8, 4) is 0 Å². The minimum atomic E-state index is -4.69. The number of amides is 1. The molecular weight excluding hydrogens is 297 g/mol. The third kappa shape index (κ3) is 3.38. The second-order valence-corrected chi connectivity index (χ2v) is 5.66. The molecule has 0 aromatic rings. The van der Waals surface area contributed by atoms with Crippen LogP contribution in [0.3, 0.4) is 0 Å². The molecule has 0 radical (unpaired) electrons. The van der Waals surface area contributed by atoms with Crippen molar-refractivity contribution in [2.75, 3.05) is 13.1 Å². The molecule has 4 nitrogen and oxygen atoms in total. The molecule has 1 saturated carbocycles. The van der Waals surface area contributed by atoms with Gasteiger partial charge in [0.1, 0.15) is 0 Å². The van der Waals surface area contributed by atoms with Gasteiger partial charge in [0.2, 0.25) is 5.91 Å². The number of hydrogen-bond donors (Lipinski definition) is 2. The summed E-state index contributed by atoms with van der Waals surface area (Å²) in [5.74, 6) is -0.588. The van der Waals surface area contributed by atoms with Crippen molar-refractivity contribution in [2.45, 2.75) is 49.9 Å². The van der Waals surface area contributed by atoms with E-state index < -0.39 is 24.7 Å². The Hall–Kier alpha value is -0.530. The van der Waals surface area contributed by atoms with Crippen molar-refractivity contribution in [1.82, 2.24) is 4.90 Å². The number of aliphatic hydroxyl groups is 1. The van der Waals surface area contributed by atoms with Crippen LogP contribution in [0.1, 0.15) is 32.1 Å². The van der Waals surface area contributed by atoms with E-state index in [-0.39, 0.29) is 36.8 Å². The van der Waals surface area contributed by atoms with Gasteiger partial charge in [-0.2, -0.15) is 13.2 Å². The summed E-state index contributed by atoms with van der Waals surface area (Å²) in [4.78, 5) is 13.3. The Balaban J connectivity index is 0.00000200. The molecule has 0 aromatic heterocycles. The summed E-state index contributed by atoms with van der Waals surface area (Å²) in [5.41, 5.74) is 3.03.